The number of anilines is 1. The van der Waals surface area contributed by atoms with Gasteiger partial charge in [-0.2, -0.15) is 5.26 Å². The van der Waals surface area contributed by atoms with Crippen molar-refractivity contribution < 1.29 is 23.8 Å². The fraction of sp³-hybridized carbons (Fsp3) is 0.296. The summed E-state index contributed by atoms with van der Waals surface area (Å²) in [7, 11) is 0. The summed E-state index contributed by atoms with van der Waals surface area (Å²) in [6.07, 6.45) is 3.36. The molecule has 182 valence electrons. The molecule has 8 heteroatoms. The van der Waals surface area contributed by atoms with E-state index in [0.29, 0.717) is 18.0 Å². The molecule has 0 aliphatic carbocycles. The van der Waals surface area contributed by atoms with Crippen LogP contribution in [0.3, 0.4) is 0 Å². The van der Waals surface area contributed by atoms with Gasteiger partial charge in [-0.25, -0.2) is 9.18 Å². The number of hydrogen-bond acceptors (Lipinski definition) is 4. The van der Waals surface area contributed by atoms with Crippen LogP contribution in [0.15, 0.2) is 60.9 Å². The normalized spacial score (nSPS) is 12.0. The van der Waals surface area contributed by atoms with Crippen LogP contribution in [0.25, 0.3) is 5.69 Å². The smallest absolute Gasteiger partial charge is 0.326 e. The summed E-state index contributed by atoms with van der Waals surface area (Å²) >= 11 is 0. The van der Waals surface area contributed by atoms with E-state index < -0.39 is 17.9 Å². The Labute approximate surface area is 204 Å². The van der Waals surface area contributed by atoms with E-state index in [1.54, 1.807) is 54.2 Å². The molecule has 1 heterocycles. The van der Waals surface area contributed by atoms with Crippen LogP contribution in [-0.2, 0) is 4.79 Å². The maximum Gasteiger partial charge on any atom is 0.326 e. The first-order valence-corrected chi connectivity index (χ1v) is 11.2. The van der Waals surface area contributed by atoms with Crippen molar-refractivity contribution in [2.45, 2.75) is 40.2 Å². The summed E-state index contributed by atoms with van der Waals surface area (Å²) in [4.78, 5) is 26.8. The topological polar surface area (TPSA) is 95.6 Å². The highest BCUT2D eigenvalue weighted by Crippen LogP contribution is 2.29. The van der Waals surface area contributed by atoms with Gasteiger partial charge in [0.05, 0.1) is 17.7 Å². The Morgan fingerprint density at radius 3 is 2.43 bits per heavy atom. The molecule has 0 spiro atoms. The van der Waals surface area contributed by atoms with Crippen molar-refractivity contribution in [3.8, 4) is 17.5 Å². The Kier molecular flexibility index (Phi) is 7.60. The van der Waals surface area contributed by atoms with E-state index in [0.717, 1.165) is 0 Å². The molecule has 0 aliphatic rings. The molecule has 2 aromatic carbocycles. The number of amides is 1. The molecule has 0 fully saturated rings. The number of ether oxygens (including phenoxy) is 1. The van der Waals surface area contributed by atoms with E-state index in [-0.39, 0.29) is 34.5 Å². The number of carboxylic acid groups (broad SMARTS) is 1. The van der Waals surface area contributed by atoms with E-state index in [2.05, 4.69) is 6.07 Å². The quantitative estimate of drug-likeness (QED) is 0.467. The average molecular weight is 478 g/mol. The fourth-order valence-electron chi connectivity index (χ4n) is 3.52. The number of hydrogen-bond donors (Lipinski definition) is 1. The lowest BCUT2D eigenvalue weighted by molar-refractivity contribution is -0.138. The second kappa shape index (κ2) is 10.4. The van der Waals surface area contributed by atoms with Crippen LogP contribution in [-0.4, -0.2) is 34.2 Å². The van der Waals surface area contributed by atoms with Gasteiger partial charge in [0.25, 0.3) is 5.91 Å². The maximum atomic E-state index is 13.6. The molecule has 7 nitrogen and oxygen atoms in total. The number of carbonyl (C=O) groups is 2. The SMILES string of the molecule is CCC(C(=O)O)N(C(=O)c1ccn(-c2ccc(F)cc2)c1)c1ccc(OCC(C)(C)C)c(C#N)c1. The van der Waals surface area contributed by atoms with Crippen LogP contribution in [0.2, 0.25) is 0 Å². The number of rotatable bonds is 8. The van der Waals surface area contributed by atoms with Gasteiger partial charge in [-0.3, -0.25) is 9.69 Å². The summed E-state index contributed by atoms with van der Waals surface area (Å²) in [5, 5.41) is 19.5. The van der Waals surface area contributed by atoms with Crippen LogP contribution >= 0.6 is 0 Å². The number of nitrogens with zero attached hydrogens (tertiary/aromatic N) is 3. The number of nitriles is 1. The van der Waals surface area contributed by atoms with Gasteiger partial charge in [-0.15, -0.1) is 0 Å². The van der Waals surface area contributed by atoms with Crippen molar-refractivity contribution in [2.24, 2.45) is 5.41 Å². The highest BCUT2D eigenvalue weighted by molar-refractivity contribution is 6.09. The van der Waals surface area contributed by atoms with Crippen molar-refractivity contribution in [2.75, 3.05) is 11.5 Å². The highest BCUT2D eigenvalue weighted by Gasteiger charge is 2.31. The Hall–Kier alpha value is -4.12. The first kappa shape index (κ1) is 25.5. The van der Waals surface area contributed by atoms with Gasteiger partial charge in [-0.05, 0) is 60.4 Å². The van der Waals surface area contributed by atoms with Gasteiger partial charge >= 0.3 is 5.97 Å². The molecule has 3 rings (SSSR count). The maximum absolute atomic E-state index is 13.6. The Morgan fingerprint density at radius 1 is 1.17 bits per heavy atom. The van der Waals surface area contributed by atoms with E-state index >= 15 is 0 Å². The third kappa shape index (κ3) is 6.07. The molecule has 0 radical (unpaired) electrons. The minimum atomic E-state index is -1.16. The van der Waals surface area contributed by atoms with E-state index in [9.17, 15) is 24.3 Å². The second-order valence-corrected chi connectivity index (χ2v) is 9.36. The molecule has 1 aromatic heterocycles. The molecular weight excluding hydrogens is 449 g/mol. The number of carbonyl (C=O) groups excluding carboxylic acids is 1. The number of aliphatic carboxylic acids is 1. The lowest BCUT2D eigenvalue weighted by Gasteiger charge is -2.29. The molecule has 0 saturated carbocycles. The zero-order chi connectivity index (χ0) is 25.8. The second-order valence-electron chi connectivity index (χ2n) is 9.36. The lowest BCUT2D eigenvalue weighted by atomic mass is 9.98. The molecule has 0 aliphatic heterocycles. The zero-order valence-electron chi connectivity index (χ0n) is 20.2. The van der Waals surface area contributed by atoms with Crippen molar-refractivity contribution in [1.29, 1.82) is 5.26 Å². The Morgan fingerprint density at radius 2 is 1.86 bits per heavy atom. The van der Waals surface area contributed by atoms with Gasteiger partial charge in [0, 0.05) is 23.8 Å². The van der Waals surface area contributed by atoms with Crippen LogP contribution < -0.4 is 9.64 Å². The van der Waals surface area contributed by atoms with Crippen molar-refractivity contribution >= 4 is 17.6 Å². The fourth-order valence-corrected chi connectivity index (χ4v) is 3.52. The Balaban J connectivity index is 2.00. The van der Waals surface area contributed by atoms with Crippen LogP contribution in [0.4, 0.5) is 10.1 Å². The zero-order valence-corrected chi connectivity index (χ0v) is 20.2. The minimum absolute atomic E-state index is 0.123. The largest absolute Gasteiger partial charge is 0.492 e. The lowest BCUT2D eigenvalue weighted by Crippen LogP contribution is -2.45. The third-order valence-corrected chi connectivity index (χ3v) is 5.29. The standard InChI is InChI=1S/C27H28FN3O4/c1-5-23(26(33)34)31(22-10-11-24(19(14-22)15-29)35-17-27(2,3)4)25(32)18-12-13-30(16-18)21-8-6-20(28)7-9-21/h6-14,16,23H,5,17H2,1-4H3,(H,33,34). The molecule has 1 atom stereocenters. The van der Waals surface area contributed by atoms with Crippen molar-refractivity contribution in [3.63, 3.8) is 0 Å². The molecule has 35 heavy (non-hydrogen) atoms. The highest BCUT2D eigenvalue weighted by atomic mass is 19.1. The molecular formula is C27H28FN3O4. The van der Waals surface area contributed by atoms with Crippen molar-refractivity contribution in [3.05, 3.63) is 77.9 Å². The Bertz CT molecular complexity index is 1250. The summed E-state index contributed by atoms with van der Waals surface area (Å²) in [6, 6.07) is 12.9. The van der Waals surface area contributed by atoms with Gasteiger partial charge < -0.3 is 14.4 Å². The van der Waals surface area contributed by atoms with Crippen molar-refractivity contribution in [1.82, 2.24) is 4.57 Å². The number of benzene rings is 2. The third-order valence-electron chi connectivity index (χ3n) is 5.29. The van der Waals surface area contributed by atoms with E-state index in [1.165, 1.54) is 23.1 Å². The van der Waals surface area contributed by atoms with Gasteiger partial charge in [0.1, 0.15) is 23.7 Å². The average Bonchev–Trinajstić information content (AvgIpc) is 3.30. The van der Waals surface area contributed by atoms with E-state index in [4.69, 9.17) is 4.74 Å². The van der Waals surface area contributed by atoms with E-state index in [1.807, 2.05) is 20.8 Å². The molecule has 1 unspecified atom stereocenters. The summed E-state index contributed by atoms with van der Waals surface area (Å²) < 4.78 is 20.7. The van der Waals surface area contributed by atoms with Crippen LogP contribution in [0.5, 0.6) is 5.75 Å². The molecule has 0 saturated heterocycles. The van der Waals surface area contributed by atoms with Gasteiger partial charge in [0.2, 0.25) is 0 Å². The molecule has 1 amide bonds. The first-order chi connectivity index (χ1) is 16.5. The first-order valence-electron chi connectivity index (χ1n) is 11.2. The molecule has 3 aromatic rings. The monoisotopic (exact) mass is 477 g/mol. The van der Waals surface area contributed by atoms with Crippen LogP contribution in [0, 0.1) is 22.6 Å². The number of aromatic nitrogens is 1. The summed E-state index contributed by atoms with van der Waals surface area (Å²) in [6.45, 7) is 8.07. The predicted molar refractivity (Wildman–Crippen MR) is 130 cm³/mol. The molecule has 1 N–H and O–H groups in total. The number of halogens is 1. The molecule has 0 bridgehead atoms. The minimum Gasteiger partial charge on any atom is -0.492 e. The van der Waals surface area contributed by atoms with Gasteiger partial charge in [0.15, 0.2) is 0 Å². The van der Waals surface area contributed by atoms with Crippen LogP contribution in [0.1, 0.15) is 50.0 Å². The number of carboxylic acids is 1. The predicted octanol–water partition coefficient (Wildman–Crippen LogP) is 5.42. The van der Waals surface area contributed by atoms with Gasteiger partial charge in [-0.1, -0.05) is 27.7 Å². The summed E-state index contributed by atoms with van der Waals surface area (Å²) in [5.41, 5.74) is 1.25. The summed E-state index contributed by atoms with van der Waals surface area (Å²) in [5.74, 6) is -1.71.